The SMILES string of the molecule is C[C@H](OC(=O)Cn1cnc2scc(-c3cccs3)c2c1=O)C(=O)Nc1c(F)cccc1F. The van der Waals surface area contributed by atoms with Gasteiger partial charge in [-0.15, -0.1) is 22.7 Å². The first-order chi connectivity index (χ1) is 15.3. The standard InChI is InChI=1S/C21H15F2N3O4S2/c1-11(19(28)25-18-13(22)4-2-5-14(18)23)30-16(27)8-26-10-24-20-17(21(26)29)12(9-32-20)15-6-3-7-31-15/h2-7,9-11H,8H2,1H3,(H,25,28)/t11-/m0/s1. The molecule has 0 unspecified atom stereocenters. The number of ether oxygens (including phenoxy) is 1. The highest BCUT2D eigenvalue weighted by Crippen LogP contribution is 2.33. The van der Waals surface area contributed by atoms with Crippen molar-refractivity contribution < 1.29 is 23.1 Å². The highest BCUT2D eigenvalue weighted by molar-refractivity contribution is 7.18. The van der Waals surface area contributed by atoms with Crippen molar-refractivity contribution in [3.8, 4) is 10.4 Å². The Labute approximate surface area is 187 Å². The molecule has 0 radical (unpaired) electrons. The smallest absolute Gasteiger partial charge is 0.326 e. The molecule has 164 valence electrons. The van der Waals surface area contributed by atoms with E-state index in [-0.39, 0.29) is 0 Å². The van der Waals surface area contributed by atoms with Crippen LogP contribution in [-0.4, -0.2) is 27.5 Å². The second kappa shape index (κ2) is 8.97. The van der Waals surface area contributed by atoms with Crippen LogP contribution >= 0.6 is 22.7 Å². The van der Waals surface area contributed by atoms with E-state index in [1.165, 1.54) is 35.9 Å². The number of hydrogen-bond acceptors (Lipinski definition) is 7. The number of anilines is 1. The number of esters is 1. The van der Waals surface area contributed by atoms with Crippen molar-refractivity contribution in [1.82, 2.24) is 9.55 Å². The van der Waals surface area contributed by atoms with E-state index in [1.54, 1.807) is 0 Å². The Morgan fingerprint density at radius 2 is 1.94 bits per heavy atom. The number of thiophene rings is 2. The molecule has 32 heavy (non-hydrogen) atoms. The lowest BCUT2D eigenvalue weighted by atomic mass is 10.2. The molecule has 4 aromatic rings. The molecular formula is C21H15F2N3O4S2. The number of hydrogen-bond donors (Lipinski definition) is 1. The number of carbonyl (C=O) groups excluding carboxylic acids is 2. The van der Waals surface area contributed by atoms with Crippen molar-refractivity contribution >= 4 is 50.5 Å². The molecule has 0 spiro atoms. The predicted molar refractivity (Wildman–Crippen MR) is 118 cm³/mol. The fourth-order valence-corrected chi connectivity index (χ4v) is 4.68. The van der Waals surface area contributed by atoms with Crippen LogP contribution in [0.15, 0.2) is 52.2 Å². The summed E-state index contributed by atoms with van der Waals surface area (Å²) in [4.78, 5) is 43.1. The largest absolute Gasteiger partial charge is 0.451 e. The third-order valence-electron chi connectivity index (χ3n) is 4.54. The molecule has 0 aliphatic rings. The summed E-state index contributed by atoms with van der Waals surface area (Å²) in [5, 5.41) is 6.18. The molecule has 4 rings (SSSR count). The van der Waals surface area contributed by atoms with Gasteiger partial charge in [0.1, 0.15) is 28.7 Å². The molecule has 7 nitrogen and oxygen atoms in total. The Morgan fingerprint density at radius 1 is 1.19 bits per heavy atom. The summed E-state index contributed by atoms with van der Waals surface area (Å²) in [7, 11) is 0. The number of halogens is 2. The predicted octanol–water partition coefficient (Wildman–Crippen LogP) is 4.04. The molecule has 1 aromatic carbocycles. The fourth-order valence-electron chi connectivity index (χ4n) is 2.96. The van der Waals surface area contributed by atoms with Crippen LogP contribution in [0.5, 0.6) is 0 Å². The number of nitrogens with one attached hydrogen (secondary N) is 1. The Kier molecular flexibility index (Phi) is 6.10. The quantitative estimate of drug-likeness (QED) is 0.425. The molecule has 0 saturated carbocycles. The van der Waals surface area contributed by atoms with Crippen LogP contribution in [-0.2, 0) is 20.9 Å². The fraction of sp³-hybridized carbons (Fsp3) is 0.143. The van der Waals surface area contributed by atoms with Crippen LogP contribution < -0.4 is 10.9 Å². The number of rotatable bonds is 6. The van der Waals surface area contributed by atoms with Crippen molar-refractivity contribution in [2.45, 2.75) is 19.6 Å². The van der Waals surface area contributed by atoms with Gasteiger partial charge in [0.15, 0.2) is 6.10 Å². The van der Waals surface area contributed by atoms with E-state index in [2.05, 4.69) is 10.3 Å². The molecule has 0 aliphatic heterocycles. The zero-order valence-electron chi connectivity index (χ0n) is 16.5. The zero-order valence-corrected chi connectivity index (χ0v) is 18.1. The summed E-state index contributed by atoms with van der Waals surface area (Å²) in [5.74, 6) is -3.71. The first kappa shape index (κ1) is 21.8. The van der Waals surface area contributed by atoms with Crippen molar-refractivity contribution in [1.29, 1.82) is 0 Å². The summed E-state index contributed by atoms with van der Waals surface area (Å²) in [6.07, 6.45) is -0.114. The number of carbonyl (C=O) groups is 2. The average Bonchev–Trinajstić information content (AvgIpc) is 3.42. The Hall–Kier alpha value is -3.44. The van der Waals surface area contributed by atoms with Gasteiger partial charge >= 0.3 is 5.97 Å². The molecule has 0 fully saturated rings. The van der Waals surface area contributed by atoms with Gasteiger partial charge in [-0.2, -0.15) is 0 Å². The molecule has 1 amide bonds. The number of fused-ring (bicyclic) bond motifs is 1. The van der Waals surface area contributed by atoms with Crippen LogP contribution in [0.4, 0.5) is 14.5 Å². The first-order valence-corrected chi connectivity index (χ1v) is 11.1. The summed E-state index contributed by atoms with van der Waals surface area (Å²) in [6, 6.07) is 6.88. The van der Waals surface area contributed by atoms with E-state index in [0.717, 1.165) is 33.2 Å². The van der Waals surface area contributed by atoms with Gasteiger partial charge in [-0.1, -0.05) is 12.1 Å². The van der Waals surface area contributed by atoms with E-state index in [0.29, 0.717) is 10.2 Å². The molecule has 11 heteroatoms. The molecule has 1 atom stereocenters. The summed E-state index contributed by atoms with van der Waals surface area (Å²) >= 11 is 2.80. The minimum atomic E-state index is -1.35. The summed E-state index contributed by atoms with van der Waals surface area (Å²) in [5.41, 5.74) is -0.313. The van der Waals surface area contributed by atoms with Crippen LogP contribution in [0.25, 0.3) is 20.7 Å². The van der Waals surface area contributed by atoms with Gasteiger partial charge in [0.2, 0.25) is 0 Å². The normalized spacial score (nSPS) is 12.0. The van der Waals surface area contributed by atoms with Crippen molar-refractivity contribution in [2.75, 3.05) is 5.32 Å². The summed E-state index contributed by atoms with van der Waals surface area (Å²) < 4.78 is 33.5. The van der Waals surface area contributed by atoms with E-state index < -0.39 is 47.4 Å². The van der Waals surface area contributed by atoms with Crippen molar-refractivity contribution in [2.24, 2.45) is 0 Å². The number of benzene rings is 1. The first-order valence-electron chi connectivity index (χ1n) is 9.30. The van der Waals surface area contributed by atoms with E-state index in [9.17, 15) is 23.2 Å². The third kappa shape index (κ3) is 4.30. The topological polar surface area (TPSA) is 90.3 Å². The average molecular weight is 475 g/mol. The van der Waals surface area contributed by atoms with Gasteiger partial charge in [-0.3, -0.25) is 19.0 Å². The zero-order chi connectivity index (χ0) is 22.8. The number of aromatic nitrogens is 2. The minimum Gasteiger partial charge on any atom is -0.451 e. The Bertz CT molecular complexity index is 1350. The molecule has 0 saturated heterocycles. The van der Waals surface area contributed by atoms with Crippen LogP contribution in [0, 0.1) is 11.6 Å². The van der Waals surface area contributed by atoms with Gasteiger partial charge in [0.05, 0.1) is 11.7 Å². The van der Waals surface area contributed by atoms with Gasteiger partial charge in [-0.05, 0) is 30.5 Å². The maximum atomic E-state index is 13.7. The summed E-state index contributed by atoms with van der Waals surface area (Å²) in [6.45, 7) is 0.775. The number of para-hydroxylation sites is 1. The molecule has 1 N–H and O–H groups in total. The van der Waals surface area contributed by atoms with Crippen LogP contribution in [0.3, 0.4) is 0 Å². The molecule has 0 bridgehead atoms. The van der Waals surface area contributed by atoms with Gasteiger partial charge in [-0.25, -0.2) is 13.8 Å². The van der Waals surface area contributed by atoms with E-state index in [4.69, 9.17) is 4.74 Å². The second-order valence-corrected chi connectivity index (χ2v) is 8.51. The molecular weight excluding hydrogens is 460 g/mol. The van der Waals surface area contributed by atoms with Crippen molar-refractivity contribution in [3.63, 3.8) is 0 Å². The Balaban J connectivity index is 1.48. The van der Waals surface area contributed by atoms with E-state index in [1.807, 2.05) is 22.9 Å². The molecule has 0 aliphatic carbocycles. The monoisotopic (exact) mass is 475 g/mol. The van der Waals surface area contributed by atoms with Gasteiger partial charge in [0, 0.05) is 15.8 Å². The lowest BCUT2D eigenvalue weighted by Crippen LogP contribution is -2.33. The highest BCUT2D eigenvalue weighted by atomic mass is 32.1. The lowest BCUT2D eigenvalue weighted by Gasteiger charge is -2.14. The minimum absolute atomic E-state index is 0.397. The third-order valence-corrected chi connectivity index (χ3v) is 6.32. The van der Waals surface area contributed by atoms with Crippen LogP contribution in [0.2, 0.25) is 0 Å². The molecule has 3 aromatic heterocycles. The van der Waals surface area contributed by atoms with Crippen molar-refractivity contribution in [3.05, 3.63) is 69.4 Å². The lowest BCUT2D eigenvalue weighted by molar-refractivity contribution is -0.153. The second-order valence-electron chi connectivity index (χ2n) is 6.70. The number of nitrogens with zero attached hydrogens (tertiary/aromatic N) is 2. The maximum absolute atomic E-state index is 13.7. The van der Waals surface area contributed by atoms with Crippen LogP contribution in [0.1, 0.15) is 6.92 Å². The Morgan fingerprint density at radius 3 is 2.62 bits per heavy atom. The molecule has 3 heterocycles. The number of amides is 1. The highest BCUT2D eigenvalue weighted by Gasteiger charge is 2.22. The maximum Gasteiger partial charge on any atom is 0.326 e. The van der Waals surface area contributed by atoms with E-state index >= 15 is 0 Å². The van der Waals surface area contributed by atoms with Gasteiger partial charge < -0.3 is 10.1 Å². The van der Waals surface area contributed by atoms with Gasteiger partial charge in [0.25, 0.3) is 11.5 Å².